The number of nitrogens with zero attached hydrogens (tertiary/aromatic N) is 4. The average Bonchev–Trinajstić information content (AvgIpc) is 3.06. The van der Waals surface area contributed by atoms with Crippen molar-refractivity contribution >= 4 is 17.6 Å². The Bertz CT molecular complexity index is 985. The van der Waals surface area contributed by atoms with Crippen molar-refractivity contribution in [2.75, 3.05) is 13.1 Å². The maximum Gasteiger partial charge on any atom is 0.291 e. The van der Waals surface area contributed by atoms with E-state index in [1.54, 1.807) is 25.3 Å². The van der Waals surface area contributed by atoms with Crippen molar-refractivity contribution < 1.29 is 14.0 Å². The molecule has 0 saturated heterocycles. The smallest absolute Gasteiger partial charge is 0.291 e. The van der Waals surface area contributed by atoms with Gasteiger partial charge in [-0.05, 0) is 37.6 Å². The van der Waals surface area contributed by atoms with Crippen molar-refractivity contribution in [1.29, 1.82) is 0 Å². The lowest BCUT2D eigenvalue weighted by Crippen LogP contribution is -2.35. The van der Waals surface area contributed by atoms with Gasteiger partial charge in [0.1, 0.15) is 5.82 Å². The number of rotatable bonds is 5. The molecule has 3 aromatic rings. The monoisotopic (exact) mass is 356 g/mol. The Morgan fingerprint density at radius 3 is 2.54 bits per heavy atom. The molecule has 26 heavy (non-hydrogen) atoms. The SMILES string of the molecule is Cc1ccc(C(=O)NCCNC(=O)c2nc3nccc(C)n3n2)cc1F. The van der Waals surface area contributed by atoms with E-state index < -0.39 is 17.6 Å². The molecule has 0 saturated carbocycles. The van der Waals surface area contributed by atoms with Crippen LogP contribution in [0.2, 0.25) is 0 Å². The van der Waals surface area contributed by atoms with E-state index in [4.69, 9.17) is 0 Å². The van der Waals surface area contributed by atoms with Crippen LogP contribution in [0.3, 0.4) is 0 Å². The van der Waals surface area contributed by atoms with Crippen LogP contribution in [0.4, 0.5) is 4.39 Å². The lowest BCUT2D eigenvalue weighted by Gasteiger charge is -2.06. The third-order valence-corrected chi connectivity index (χ3v) is 3.76. The summed E-state index contributed by atoms with van der Waals surface area (Å²) in [5, 5.41) is 9.32. The molecular formula is C17H17FN6O2. The van der Waals surface area contributed by atoms with Gasteiger partial charge >= 0.3 is 0 Å². The summed E-state index contributed by atoms with van der Waals surface area (Å²) in [6, 6.07) is 6.02. The van der Waals surface area contributed by atoms with E-state index in [1.165, 1.54) is 16.6 Å². The molecule has 0 aliphatic rings. The van der Waals surface area contributed by atoms with Crippen LogP contribution in [0.5, 0.6) is 0 Å². The second-order valence-corrected chi connectivity index (χ2v) is 5.71. The molecule has 0 unspecified atom stereocenters. The highest BCUT2D eigenvalue weighted by atomic mass is 19.1. The summed E-state index contributed by atoms with van der Waals surface area (Å²) in [5.74, 6) is -0.981. The molecule has 3 rings (SSSR count). The van der Waals surface area contributed by atoms with Gasteiger partial charge < -0.3 is 10.6 Å². The second kappa shape index (κ2) is 7.26. The molecule has 2 N–H and O–H groups in total. The van der Waals surface area contributed by atoms with Crippen LogP contribution in [-0.4, -0.2) is 44.5 Å². The number of fused-ring (bicyclic) bond motifs is 1. The van der Waals surface area contributed by atoms with E-state index in [-0.39, 0.29) is 24.5 Å². The number of hydrogen-bond donors (Lipinski definition) is 2. The van der Waals surface area contributed by atoms with Crippen molar-refractivity contribution in [2.45, 2.75) is 13.8 Å². The third-order valence-electron chi connectivity index (χ3n) is 3.76. The highest BCUT2D eigenvalue weighted by Gasteiger charge is 2.14. The summed E-state index contributed by atoms with van der Waals surface area (Å²) < 4.78 is 15.0. The zero-order valence-corrected chi connectivity index (χ0v) is 14.3. The minimum atomic E-state index is -0.467. The van der Waals surface area contributed by atoms with Crippen molar-refractivity contribution in [3.63, 3.8) is 0 Å². The van der Waals surface area contributed by atoms with Crippen LogP contribution in [0.1, 0.15) is 32.2 Å². The number of halogens is 1. The predicted molar refractivity (Wildman–Crippen MR) is 91.3 cm³/mol. The minimum absolute atomic E-state index is 0.00117. The van der Waals surface area contributed by atoms with Crippen molar-refractivity contribution in [2.24, 2.45) is 0 Å². The van der Waals surface area contributed by atoms with Crippen LogP contribution in [0.15, 0.2) is 30.5 Å². The summed E-state index contributed by atoms with van der Waals surface area (Å²) in [6.45, 7) is 3.82. The Morgan fingerprint density at radius 2 is 1.85 bits per heavy atom. The van der Waals surface area contributed by atoms with E-state index in [2.05, 4.69) is 25.7 Å². The molecule has 0 fully saturated rings. The standard InChI is InChI=1S/C17H17FN6O2/c1-10-3-4-12(9-13(10)18)15(25)19-7-8-20-16(26)14-22-17-21-6-5-11(2)24(17)23-14/h3-6,9H,7-8H2,1-2H3,(H,19,25)(H,20,26). The van der Waals surface area contributed by atoms with E-state index in [0.29, 0.717) is 11.3 Å². The molecule has 2 heterocycles. The van der Waals surface area contributed by atoms with Crippen LogP contribution < -0.4 is 10.6 Å². The second-order valence-electron chi connectivity index (χ2n) is 5.71. The van der Waals surface area contributed by atoms with E-state index in [0.717, 1.165) is 5.69 Å². The van der Waals surface area contributed by atoms with Gasteiger partial charge in [-0.1, -0.05) is 6.07 Å². The number of carbonyl (C=O) groups excluding carboxylic acids is 2. The summed E-state index contributed by atoms with van der Waals surface area (Å²) in [4.78, 5) is 32.1. The summed E-state index contributed by atoms with van der Waals surface area (Å²) in [7, 11) is 0. The number of nitrogens with one attached hydrogen (secondary N) is 2. The molecule has 134 valence electrons. The minimum Gasteiger partial charge on any atom is -0.350 e. The van der Waals surface area contributed by atoms with Crippen LogP contribution in [-0.2, 0) is 0 Å². The largest absolute Gasteiger partial charge is 0.350 e. The molecule has 9 heteroatoms. The Kier molecular flexibility index (Phi) is 4.87. The quantitative estimate of drug-likeness (QED) is 0.665. The van der Waals surface area contributed by atoms with E-state index in [1.807, 2.05) is 6.92 Å². The van der Waals surface area contributed by atoms with Crippen LogP contribution in [0.25, 0.3) is 5.78 Å². The summed E-state index contributed by atoms with van der Waals surface area (Å²) in [5.41, 5.74) is 1.50. The van der Waals surface area contributed by atoms with Crippen molar-refractivity contribution in [3.8, 4) is 0 Å². The zero-order valence-electron chi connectivity index (χ0n) is 14.3. The van der Waals surface area contributed by atoms with Gasteiger partial charge in [0.2, 0.25) is 5.82 Å². The summed E-state index contributed by atoms with van der Waals surface area (Å²) >= 11 is 0. The van der Waals surface area contributed by atoms with Crippen LogP contribution >= 0.6 is 0 Å². The first-order valence-electron chi connectivity index (χ1n) is 7.96. The molecule has 0 spiro atoms. The fourth-order valence-electron chi connectivity index (χ4n) is 2.27. The van der Waals surface area contributed by atoms with Crippen molar-refractivity contribution in [1.82, 2.24) is 30.2 Å². The van der Waals surface area contributed by atoms with Crippen LogP contribution in [0, 0.1) is 19.7 Å². The molecule has 8 nitrogen and oxygen atoms in total. The first-order valence-corrected chi connectivity index (χ1v) is 7.96. The Morgan fingerprint density at radius 1 is 1.12 bits per heavy atom. The van der Waals surface area contributed by atoms with Gasteiger partial charge in [0, 0.05) is 30.5 Å². The molecule has 1 aromatic carbocycles. The number of carbonyl (C=O) groups is 2. The molecule has 0 atom stereocenters. The number of benzene rings is 1. The number of aryl methyl sites for hydroxylation is 2. The van der Waals surface area contributed by atoms with Gasteiger partial charge in [-0.15, -0.1) is 5.10 Å². The fourth-order valence-corrected chi connectivity index (χ4v) is 2.27. The molecule has 2 aromatic heterocycles. The topological polar surface area (TPSA) is 101 Å². The Balaban J connectivity index is 1.52. The van der Waals surface area contributed by atoms with Gasteiger partial charge in [-0.2, -0.15) is 4.98 Å². The van der Waals surface area contributed by atoms with Gasteiger partial charge in [0.15, 0.2) is 0 Å². The van der Waals surface area contributed by atoms with Crippen molar-refractivity contribution in [3.05, 3.63) is 58.9 Å². The molecule has 2 amide bonds. The maximum atomic E-state index is 13.5. The Hall–Kier alpha value is -3.36. The van der Waals surface area contributed by atoms with Gasteiger partial charge in [-0.25, -0.2) is 13.9 Å². The molecular weight excluding hydrogens is 339 g/mol. The van der Waals surface area contributed by atoms with Gasteiger partial charge in [0.05, 0.1) is 0 Å². The first-order chi connectivity index (χ1) is 12.5. The number of aromatic nitrogens is 4. The predicted octanol–water partition coefficient (Wildman–Crippen LogP) is 1.04. The average molecular weight is 356 g/mol. The molecule has 0 bridgehead atoms. The zero-order chi connectivity index (χ0) is 18.7. The molecule has 0 aliphatic heterocycles. The summed E-state index contributed by atoms with van der Waals surface area (Å²) in [6.07, 6.45) is 1.59. The van der Waals surface area contributed by atoms with E-state index in [9.17, 15) is 14.0 Å². The maximum absolute atomic E-state index is 13.5. The first kappa shape index (κ1) is 17.5. The molecule has 0 aliphatic carbocycles. The highest BCUT2D eigenvalue weighted by Crippen LogP contribution is 2.08. The molecule has 0 radical (unpaired) electrons. The lowest BCUT2D eigenvalue weighted by atomic mass is 10.1. The fraction of sp³-hybridized carbons (Fsp3) is 0.235. The normalized spacial score (nSPS) is 10.7. The lowest BCUT2D eigenvalue weighted by molar-refractivity contribution is 0.0922. The Labute approximate surface area is 148 Å². The number of amides is 2. The number of hydrogen-bond acceptors (Lipinski definition) is 5. The highest BCUT2D eigenvalue weighted by molar-refractivity contribution is 5.94. The third kappa shape index (κ3) is 3.66. The van der Waals surface area contributed by atoms with Gasteiger partial charge in [0.25, 0.3) is 17.6 Å². The van der Waals surface area contributed by atoms with Gasteiger partial charge in [-0.3, -0.25) is 9.59 Å². The van der Waals surface area contributed by atoms with E-state index >= 15 is 0 Å².